The van der Waals surface area contributed by atoms with E-state index in [1.165, 1.54) is 6.92 Å². The first-order valence-corrected chi connectivity index (χ1v) is 5.53. The maximum absolute atomic E-state index is 12.3. The molecule has 0 aromatic heterocycles. The lowest BCUT2D eigenvalue weighted by Crippen LogP contribution is -2.04. The Hall–Kier alpha value is -1.57. The van der Waals surface area contributed by atoms with Gasteiger partial charge in [-0.25, -0.2) is 0 Å². The standard InChI is InChI=1S/C10H8F3NO3S/c1-6(15)4-7-5-8(14(16)17)2-3-9(7)18-10(11,12)13/h2-3,5H,4H2,1H3. The fraction of sp³-hybridized carbons (Fsp3) is 0.300. The second kappa shape index (κ2) is 5.38. The van der Waals surface area contributed by atoms with E-state index < -0.39 is 10.4 Å². The molecule has 0 spiro atoms. The summed E-state index contributed by atoms with van der Waals surface area (Å²) in [6.07, 6.45) is -0.264. The fourth-order valence-electron chi connectivity index (χ4n) is 1.31. The van der Waals surface area contributed by atoms with Crippen LogP contribution in [0.4, 0.5) is 18.9 Å². The van der Waals surface area contributed by atoms with Gasteiger partial charge in [-0.3, -0.25) is 14.9 Å². The summed E-state index contributed by atoms with van der Waals surface area (Å²) in [5.74, 6) is -0.362. The molecule has 0 aliphatic rings. The van der Waals surface area contributed by atoms with E-state index in [2.05, 4.69) is 0 Å². The number of nitrogens with zero attached hydrogens (tertiary/aromatic N) is 1. The maximum Gasteiger partial charge on any atom is 0.446 e. The topological polar surface area (TPSA) is 60.2 Å². The van der Waals surface area contributed by atoms with Crippen LogP contribution in [0.25, 0.3) is 0 Å². The highest BCUT2D eigenvalue weighted by molar-refractivity contribution is 8.00. The number of ketones is 1. The van der Waals surface area contributed by atoms with Crippen LogP contribution < -0.4 is 0 Å². The number of carbonyl (C=O) groups excluding carboxylic acids is 1. The van der Waals surface area contributed by atoms with Crippen LogP contribution in [0.5, 0.6) is 0 Å². The van der Waals surface area contributed by atoms with Gasteiger partial charge in [0, 0.05) is 23.4 Å². The predicted octanol–water partition coefficient (Wildman–Crippen LogP) is 3.34. The number of hydrogen-bond acceptors (Lipinski definition) is 4. The summed E-state index contributed by atoms with van der Waals surface area (Å²) < 4.78 is 36.8. The molecule has 0 saturated carbocycles. The summed E-state index contributed by atoms with van der Waals surface area (Å²) in [7, 11) is 0. The molecule has 0 amide bonds. The third-order valence-electron chi connectivity index (χ3n) is 1.92. The quantitative estimate of drug-likeness (QED) is 0.482. The lowest BCUT2D eigenvalue weighted by Gasteiger charge is -2.09. The Balaban J connectivity index is 3.16. The highest BCUT2D eigenvalue weighted by atomic mass is 32.2. The second-order valence-electron chi connectivity index (χ2n) is 3.48. The number of hydrogen-bond donors (Lipinski definition) is 0. The van der Waals surface area contributed by atoms with Gasteiger partial charge in [0.25, 0.3) is 5.69 Å². The molecule has 1 aromatic carbocycles. The van der Waals surface area contributed by atoms with Crippen LogP contribution in [0.1, 0.15) is 12.5 Å². The first kappa shape index (κ1) is 14.5. The van der Waals surface area contributed by atoms with Gasteiger partial charge in [0.15, 0.2) is 0 Å². The van der Waals surface area contributed by atoms with Crippen LogP contribution >= 0.6 is 11.8 Å². The minimum Gasteiger partial charge on any atom is -0.300 e. The third-order valence-corrected chi connectivity index (χ3v) is 2.77. The van der Waals surface area contributed by atoms with Crippen LogP contribution in [0, 0.1) is 10.1 Å². The average molecular weight is 279 g/mol. The molecule has 0 atom stereocenters. The van der Waals surface area contributed by atoms with Gasteiger partial charge in [0.05, 0.1) is 4.92 Å². The van der Waals surface area contributed by atoms with E-state index in [1.54, 1.807) is 0 Å². The van der Waals surface area contributed by atoms with Crippen molar-refractivity contribution in [3.63, 3.8) is 0 Å². The van der Waals surface area contributed by atoms with Crippen molar-refractivity contribution in [2.24, 2.45) is 0 Å². The van der Waals surface area contributed by atoms with Gasteiger partial charge in [-0.2, -0.15) is 13.2 Å². The largest absolute Gasteiger partial charge is 0.446 e. The highest BCUT2D eigenvalue weighted by Crippen LogP contribution is 2.39. The molecular weight excluding hydrogens is 271 g/mol. The Kier molecular flexibility index (Phi) is 4.33. The molecule has 0 saturated heterocycles. The van der Waals surface area contributed by atoms with Crippen LogP contribution in [-0.4, -0.2) is 16.2 Å². The van der Waals surface area contributed by atoms with Gasteiger partial charge in [0.2, 0.25) is 0 Å². The third kappa shape index (κ3) is 4.36. The number of thioether (sulfide) groups is 1. The number of carbonyl (C=O) groups is 1. The van der Waals surface area contributed by atoms with E-state index in [4.69, 9.17) is 0 Å². The lowest BCUT2D eigenvalue weighted by molar-refractivity contribution is -0.385. The van der Waals surface area contributed by atoms with Crippen molar-refractivity contribution >= 4 is 23.2 Å². The second-order valence-corrected chi connectivity index (χ2v) is 4.58. The summed E-state index contributed by atoms with van der Waals surface area (Å²) in [5, 5.41) is 10.5. The summed E-state index contributed by atoms with van der Waals surface area (Å²) in [5.41, 5.74) is -4.82. The molecule has 18 heavy (non-hydrogen) atoms. The number of rotatable bonds is 4. The number of nitro benzene ring substituents is 1. The molecule has 0 aliphatic carbocycles. The molecule has 4 nitrogen and oxygen atoms in total. The van der Waals surface area contributed by atoms with Crippen LogP contribution in [-0.2, 0) is 11.2 Å². The predicted molar refractivity (Wildman–Crippen MR) is 59.4 cm³/mol. The average Bonchev–Trinajstić information content (AvgIpc) is 2.17. The van der Waals surface area contributed by atoms with E-state index in [9.17, 15) is 28.1 Å². The molecule has 1 aromatic rings. The molecule has 0 radical (unpaired) electrons. The zero-order chi connectivity index (χ0) is 13.9. The minimum atomic E-state index is -4.50. The Morgan fingerprint density at radius 3 is 2.50 bits per heavy atom. The number of benzene rings is 1. The van der Waals surface area contributed by atoms with Gasteiger partial charge in [0.1, 0.15) is 5.78 Å². The normalized spacial score (nSPS) is 11.3. The van der Waals surface area contributed by atoms with E-state index in [0.29, 0.717) is 0 Å². The number of halogens is 3. The Morgan fingerprint density at radius 1 is 1.44 bits per heavy atom. The number of alkyl halides is 3. The molecule has 0 heterocycles. The summed E-state index contributed by atoms with van der Waals surface area (Å²) in [4.78, 5) is 20.6. The van der Waals surface area contributed by atoms with E-state index >= 15 is 0 Å². The Morgan fingerprint density at radius 2 is 2.06 bits per heavy atom. The zero-order valence-corrected chi connectivity index (χ0v) is 9.97. The van der Waals surface area contributed by atoms with Crippen molar-refractivity contribution in [1.82, 2.24) is 0 Å². The molecule has 0 fully saturated rings. The summed E-state index contributed by atoms with van der Waals surface area (Å²) >= 11 is -0.385. The van der Waals surface area contributed by atoms with Gasteiger partial charge in [-0.1, -0.05) is 0 Å². The molecule has 0 N–H and O–H groups in total. The van der Waals surface area contributed by atoms with E-state index in [0.717, 1.165) is 18.2 Å². The number of non-ortho nitro benzene ring substituents is 1. The first-order valence-electron chi connectivity index (χ1n) is 4.71. The van der Waals surface area contributed by atoms with Crippen molar-refractivity contribution in [2.75, 3.05) is 0 Å². The minimum absolute atomic E-state index is 0.0130. The van der Waals surface area contributed by atoms with Crippen LogP contribution in [0.2, 0.25) is 0 Å². The molecule has 0 aliphatic heterocycles. The smallest absolute Gasteiger partial charge is 0.300 e. The summed E-state index contributed by atoms with van der Waals surface area (Å²) in [6, 6.07) is 2.99. The van der Waals surface area contributed by atoms with Crippen molar-refractivity contribution in [1.29, 1.82) is 0 Å². The van der Waals surface area contributed by atoms with Gasteiger partial charge < -0.3 is 0 Å². The molecule has 0 unspecified atom stereocenters. The van der Waals surface area contributed by atoms with Gasteiger partial charge >= 0.3 is 5.51 Å². The van der Waals surface area contributed by atoms with E-state index in [1.807, 2.05) is 0 Å². The van der Waals surface area contributed by atoms with Crippen molar-refractivity contribution in [3.8, 4) is 0 Å². The summed E-state index contributed by atoms with van der Waals surface area (Å²) in [6.45, 7) is 1.21. The van der Waals surface area contributed by atoms with Crippen molar-refractivity contribution in [2.45, 2.75) is 23.7 Å². The lowest BCUT2D eigenvalue weighted by atomic mass is 10.1. The van der Waals surface area contributed by atoms with Crippen molar-refractivity contribution < 1.29 is 22.9 Å². The van der Waals surface area contributed by atoms with Gasteiger partial charge in [-0.05, 0) is 30.3 Å². The highest BCUT2D eigenvalue weighted by Gasteiger charge is 2.31. The fourth-order valence-corrected chi connectivity index (χ4v) is 1.96. The Bertz CT molecular complexity index is 488. The molecule has 98 valence electrons. The first-order chi connectivity index (χ1) is 8.19. The number of nitro groups is 1. The van der Waals surface area contributed by atoms with Crippen LogP contribution in [0.3, 0.4) is 0 Å². The van der Waals surface area contributed by atoms with E-state index in [-0.39, 0.29) is 40.1 Å². The Labute approximate surface area is 104 Å². The molecular formula is C10H8F3NO3S. The number of Topliss-reactive ketones (excluding diaryl/α,β-unsaturated/α-hetero) is 1. The van der Waals surface area contributed by atoms with Crippen LogP contribution in [0.15, 0.2) is 23.1 Å². The molecule has 0 bridgehead atoms. The zero-order valence-electron chi connectivity index (χ0n) is 9.15. The van der Waals surface area contributed by atoms with Gasteiger partial charge in [-0.15, -0.1) is 0 Å². The van der Waals surface area contributed by atoms with Crippen molar-refractivity contribution in [3.05, 3.63) is 33.9 Å². The monoisotopic (exact) mass is 279 g/mol. The SMILES string of the molecule is CC(=O)Cc1cc([N+](=O)[O-])ccc1SC(F)(F)F. The molecule has 8 heteroatoms. The maximum atomic E-state index is 12.3. The molecule has 1 rings (SSSR count).